The molecule has 1 aliphatic carbocycles. The van der Waals surface area contributed by atoms with Gasteiger partial charge in [0.25, 0.3) is 0 Å². The van der Waals surface area contributed by atoms with Crippen LogP contribution in [0.3, 0.4) is 0 Å². The van der Waals surface area contributed by atoms with E-state index in [-0.39, 0.29) is 12.1 Å². The number of hydrogen-bond acceptors (Lipinski definition) is 5. The van der Waals surface area contributed by atoms with Crippen molar-refractivity contribution in [2.75, 3.05) is 18.4 Å². The topological polar surface area (TPSA) is 63.7 Å². The first-order valence-corrected chi connectivity index (χ1v) is 11.9. The molecular formula is C25H41N3O3. The van der Waals surface area contributed by atoms with E-state index >= 15 is 0 Å². The highest BCUT2D eigenvalue weighted by molar-refractivity contribution is 5.68. The van der Waals surface area contributed by atoms with Crippen molar-refractivity contribution >= 4 is 11.9 Å². The summed E-state index contributed by atoms with van der Waals surface area (Å²) in [7, 11) is 0. The van der Waals surface area contributed by atoms with E-state index in [9.17, 15) is 4.79 Å². The molecule has 1 atom stereocenters. The number of carbonyl (C=O) groups is 1. The van der Waals surface area contributed by atoms with Gasteiger partial charge in [-0.25, -0.2) is 9.78 Å². The molecule has 2 heterocycles. The summed E-state index contributed by atoms with van der Waals surface area (Å²) in [6.07, 6.45) is 8.53. The molecule has 2 fully saturated rings. The molecule has 174 valence electrons. The number of aromatic nitrogens is 1. The molecule has 0 radical (unpaired) electrons. The van der Waals surface area contributed by atoms with Crippen molar-refractivity contribution in [3.63, 3.8) is 0 Å². The van der Waals surface area contributed by atoms with E-state index in [4.69, 9.17) is 9.47 Å². The molecule has 1 unspecified atom stereocenters. The number of nitrogens with one attached hydrogen (secondary N) is 1. The Balaban J connectivity index is 1.47. The number of carbonyl (C=O) groups excluding carboxylic acids is 1. The fraction of sp³-hybridized carbons (Fsp3) is 0.760. The highest BCUT2D eigenvalue weighted by atomic mass is 16.6. The molecule has 31 heavy (non-hydrogen) atoms. The minimum Gasteiger partial charge on any atom is -0.489 e. The number of pyridine rings is 1. The lowest BCUT2D eigenvalue weighted by Gasteiger charge is -2.36. The fourth-order valence-corrected chi connectivity index (χ4v) is 4.57. The second-order valence-corrected chi connectivity index (χ2v) is 11.2. The van der Waals surface area contributed by atoms with E-state index in [0.29, 0.717) is 18.1 Å². The van der Waals surface area contributed by atoms with Crippen LogP contribution >= 0.6 is 0 Å². The molecule has 3 rings (SSSR count). The van der Waals surface area contributed by atoms with Gasteiger partial charge < -0.3 is 19.7 Å². The molecular weight excluding hydrogens is 390 g/mol. The summed E-state index contributed by atoms with van der Waals surface area (Å²) < 4.78 is 11.7. The van der Waals surface area contributed by atoms with Gasteiger partial charge in [-0.05, 0) is 82.8 Å². The Morgan fingerprint density at radius 2 is 1.77 bits per heavy atom. The smallest absolute Gasteiger partial charge is 0.410 e. The maximum absolute atomic E-state index is 12.4. The van der Waals surface area contributed by atoms with Gasteiger partial charge in [0, 0.05) is 19.1 Å². The van der Waals surface area contributed by atoms with Crippen molar-refractivity contribution in [3.8, 4) is 5.75 Å². The number of rotatable bonds is 4. The normalized spacial score (nSPS) is 25.1. The lowest BCUT2D eigenvalue weighted by molar-refractivity contribution is 0.0206. The van der Waals surface area contributed by atoms with E-state index in [2.05, 4.69) is 31.1 Å². The van der Waals surface area contributed by atoms with Crippen molar-refractivity contribution in [1.29, 1.82) is 0 Å². The van der Waals surface area contributed by atoms with Crippen LogP contribution in [0.25, 0.3) is 0 Å². The molecule has 1 N–H and O–H groups in total. The molecule has 1 saturated heterocycles. The summed E-state index contributed by atoms with van der Waals surface area (Å²) in [4.78, 5) is 18.7. The summed E-state index contributed by atoms with van der Waals surface area (Å²) in [5, 5.41) is 3.47. The third kappa shape index (κ3) is 7.29. The summed E-state index contributed by atoms with van der Waals surface area (Å²) in [5.74, 6) is 2.44. The van der Waals surface area contributed by atoms with Crippen LogP contribution in [-0.2, 0) is 4.74 Å². The average Bonchev–Trinajstić information content (AvgIpc) is 2.68. The van der Waals surface area contributed by atoms with Crippen molar-refractivity contribution in [1.82, 2.24) is 9.88 Å². The minimum atomic E-state index is -0.471. The zero-order chi connectivity index (χ0) is 22.6. The predicted octanol–water partition coefficient (Wildman–Crippen LogP) is 5.88. The third-order valence-electron chi connectivity index (χ3n) is 6.36. The number of nitrogens with zero attached hydrogens (tertiary/aromatic N) is 2. The van der Waals surface area contributed by atoms with Gasteiger partial charge in [0.1, 0.15) is 17.2 Å². The van der Waals surface area contributed by atoms with Gasteiger partial charge in [0.2, 0.25) is 0 Å². The molecule has 0 spiro atoms. The van der Waals surface area contributed by atoms with Crippen molar-refractivity contribution in [2.24, 2.45) is 11.3 Å². The lowest BCUT2D eigenvalue weighted by Crippen LogP contribution is -2.47. The molecule has 1 aromatic rings. The van der Waals surface area contributed by atoms with Gasteiger partial charge in [-0.1, -0.05) is 20.8 Å². The summed E-state index contributed by atoms with van der Waals surface area (Å²) in [6.45, 7) is 14.1. The van der Waals surface area contributed by atoms with Crippen molar-refractivity contribution in [3.05, 3.63) is 18.3 Å². The zero-order valence-corrected chi connectivity index (χ0v) is 20.2. The Morgan fingerprint density at radius 3 is 2.35 bits per heavy atom. The number of amides is 1. The number of piperidine rings is 1. The van der Waals surface area contributed by atoms with Gasteiger partial charge in [-0.2, -0.15) is 0 Å². The van der Waals surface area contributed by atoms with Gasteiger partial charge in [0.05, 0.1) is 12.3 Å². The second kappa shape index (κ2) is 9.66. The van der Waals surface area contributed by atoms with Crippen LogP contribution in [0.2, 0.25) is 0 Å². The van der Waals surface area contributed by atoms with Gasteiger partial charge in [0.15, 0.2) is 0 Å². The molecule has 6 nitrogen and oxygen atoms in total. The maximum atomic E-state index is 12.4. The Morgan fingerprint density at radius 1 is 1.06 bits per heavy atom. The Bertz CT molecular complexity index is 713. The average molecular weight is 432 g/mol. The maximum Gasteiger partial charge on any atom is 0.410 e. The second-order valence-electron chi connectivity index (χ2n) is 11.2. The van der Waals surface area contributed by atoms with Gasteiger partial charge in [-0.15, -0.1) is 0 Å². The van der Waals surface area contributed by atoms with Crippen LogP contribution in [0.15, 0.2) is 18.3 Å². The standard InChI is InChI=1S/C25H41N3O3/c1-24(2,3)18-9-11-20(12-10-18)30-21-13-14-22(26-16-21)27-19-8-7-15-28(17-19)23(29)31-25(4,5)6/h13-14,16,18-20H,7-12,15,17H2,1-6H3,(H,26,27). The lowest BCUT2D eigenvalue weighted by atomic mass is 9.72. The summed E-state index contributed by atoms with van der Waals surface area (Å²) in [5.41, 5.74) is -0.0845. The van der Waals surface area contributed by atoms with Crippen molar-refractivity contribution in [2.45, 2.75) is 97.8 Å². The first-order valence-electron chi connectivity index (χ1n) is 11.9. The first-order chi connectivity index (χ1) is 14.5. The molecule has 1 aliphatic heterocycles. The zero-order valence-electron chi connectivity index (χ0n) is 20.2. The molecule has 0 bridgehead atoms. The monoisotopic (exact) mass is 431 g/mol. The van der Waals surface area contributed by atoms with Crippen LogP contribution in [-0.4, -0.2) is 46.8 Å². The molecule has 6 heteroatoms. The summed E-state index contributed by atoms with van der Waals surface area (Å²) >= 11 is 0. The number of anilines is 1. The molecule has 2 aliphatic rings. The van der Waals surface area contributed by atoms with E-state index in [1.54, 1.807) is 4.90 Å². The van der Waals surface area contributed by atoms with Crippen LogP contribution < -0.4 is 10.1 Å². The number of likely N-dealkylation sites (tertiary alicyclic amines) is 1. The van der Waals surface area contributed by atoms with Crippen LogP contribution in [0.4, 0.5) is 10.6 Å². The minimum absolute atomic E-state index is 0.174. The first kappa shape index (κ1) is 23.7. The molecule has 1 amide bonds. The molecule has 1 aromatic heterocycles. The fourth-order valence-electron chi connectivity index (χ4n) is 4.57. The van der Waals surface area contributed by atoms with Crippen LogP contribution in [0, 0.1) is 11.3 Å². The van der Waals surface area contributed by atoms with Gasteiger partial charge in [-0.3, -0.25) is 0 Å². The SMILES string of the molecule is CC(C)(C)OC(=O)N1CCCC(Nc2ccc(OC3CCC(C(C)(C)C)CC3)cn2)C1. The van der Waals surface area contributed by atoms with E-state index in [1.807, 2.05) is 39.1 Å². The number of ether oxygens (including phenoxy) is 2. The van der Waals surface area contributed by atoms with E-state index in [1.165, 1.54) is 12.8 Å². The Hall–Kier alpha value is -1.98. The summed E-state index contributed by atoms with van der Waals surface area (Å²) in [6, 6.07) is 4.15. The number of hydrogen-bond donors (Lipinski definition) is 1. The molecule has 1 saturated carbocycles. The predicted molar refractivity (Wildman–Crippen MR) is 125 cm³/mol. The Labute approximate surface area is 188 Å². The van der Waals surface area contributed by atoms with Crippen LogP contribution in [0.5, 0.6) is 5.75 Å². The largest absolute Gasteiger partial charge is 0.489 e. The van der Waals surface area contributed by atoms with Gasteiger partial charge >= 0.3 is 6.09 Å². The highest BCUT2D eigenvalue weighted by Crippen LogP contribution is 2.38. The Kier molecular flexibility index (Phi) is 7.38. The van der Waals surface area contributed by atoms with Crippen LogP contribution in [0.1, 0.15) is 80.1 Å². The quantitative estimate of drug-likeness (QED) is 0.645. The van der Waals surface area contributed by atoms with Crippen molar-refractivity contribution < 1.29 is 14.3 Å². The molecule has 0 aromatic carbocycles. The van der Waals surface area contributed by atoms with E-state index < -0.39 is 5.60 Å². The van der Waals surface area contributed by atoms with E-state index in [0.717, 1.165) is 49.7 Å². The third-order valence-corrected chi connectivity index (χ3v) is 6.36. The highest BCUT2D eigenvalue weighted by Gasteiger charge is 2.31.